The van der Waals surface area contributed by atoms with Crippen molar-refractivity contribution < 1.29 is 14.4 Å². The molecule has 38 heavy (non-hydrogen) atoms. The van der Waals surface area contributed by atoms with Crippen LogP contribution in [0.3, 0.4) is 0 Å². The molecule has 0 saturated carbocycles. The normalized spacial score (nSPS) is 20.9. The third kappa shape index (κ3) is 4.35. The van der Waals surface area contributed by atoms with E-state index >= 15 is 0 Å². The third-order valence-electron chi connectivity index (χ3n) is 7.71. The number of carbonyl (C=O) groups is 3. The topological polar surface area (TPSA) is 74.1 Å². The first kappa shape index (κ1) is 25.9. The van der Waals surface area contributed by atoms with Crippen LogP contribution >= 0.6 is 15.9 Å². The van der Waals surface area contributed by atoms with Gasteiger partial charge in [-0.1, -0.05) is 60.1 Å². The van der Waals surface area contributed by atoms with E-state index in [1.54, 1.807) is 13.1 Å². The Morgan fingerprint density at radius 3 is 2.63 bits per heavy atom. The van der Waals surface area contributed by atoms with Gasteiger partial charge in [-0.05, 0) is 59.0 Å². The van der Waals surface area contributed by atoms with E-state index in [1.807, 2.05) is 68.4 Å². The lowest BCUT2D eigenvalue weighted by Crippen LogP contribution is -2.51. The smallest absolute Gasteiger partial charge is 0.302 e. The van der Waals surface area contributed by atoms with Gasteiger partial charge < -0.3 is 10.2 Å². The predicted molar refractivity (Wildman–Crippen MR) is 150 cm³/mol. The fourth-order valence-corrected chi connectivity index (χ4v) is 6.09. The summed E-state index contributed by atoms with van der Waals surface area (Å²) in [4.78, 5) is 47.7. The van der Waals surface area contributed by atoms with E-state index in [9.17, 15) is 14.4 Å². The number of carbonyl (C=O) groups excluding carboxylic acids is 3. The molecule has 2 aliphatic heterocycles. The number of hydrogen-bond donors (Lipinski definition) is 1. The molecule has 1 N–H and O–H groups in total. The molecule has 5 rings (SSSR count). The summed E-state index contributed by atoms with van der Waals surface area (Å²) in [5.41, 5.74) is 1.08. The van der Waals surface area contributed by atoms with Crippen LogP contribution in [0.25, 0.3) is 15.6 Å². The van der Waals surface area contributed by atoms with Crippen LogP contribution in [0.1, 0.15) is 42.6 Å². The van der Waals surface area contributed by atoms with Crippen molar-refractivity contribution in [2.75, 3.05) is 18.9 Å². The molecule has 2 aliphatic rings. The second-order valence-electron chi connectivity index (χ2n) is 10.6. The van der Waals surface area contributed by atoms with Gasteiger partial charge in [0.15, 0.2) is 0 Å². The minimum absolute atomic E-state index is 0.113. The van der Waals surface area contributed by atoms with Crippen molar-refractivity contribution in [1.29, 1.82) is 0 Å². The number of halogens is 1. The lowest BCUT2D eigenvalue weighted by Gasteiger charge is -2.32. The summed E-state index contributed by atoms with van der Waals surface area (Å²) in [7, 11) is 1.65. The molecule has 0 aromatic heterocycles. The summed E-state index contributed by atoms with van der Waals surface area (Å²) < 4.78 is 0.918. The molecule has 3 amide bonds. The maximum Gasteiger partial charge on any atom is 0.302 e. The fourth-order valence-electron chi connectivity index (χ4n) is 5.71. The zero-order chi connectivity index (χ0) is 27.2. The monoisotopic (exact) mass is 572 g/mol. The van der Waals surface area contributed by atoms with Crippen LogP contribution in [0.5, 0.6) is 0 Å². The minimum atomic E-state index is -0.960. The number of amides is 3. The number of benzene rings is 3. The molecule has 0 unspecified atom stereocenters. The molecular formula is C30H29BrN4O3. The molecule has 2 heterocycles. The molecule has 1 fully saturated rings. The molecule has 0 radical (unpaired) electrons. The van der Waals surface area contributed by atoms with Crippen molar-refractivity contribution in [3.8, 4) is 0 Å². The number of rotatable bonds is 5. The summed E-state index contributed by atoms with van der Waals surface area (Å²) in [6.07, 6.45) is -0.107. The van der Waals surface area contributed by atoms with Crippen molar-refractivity contribution in [2.45, 2.75) is 44.3 Å². The van der Waals surface area contributed by atoms with E-state index in [4.69, 9.17) is 6.57 Å². The minimum Gasteiger partial charge on any atom is -0.330 e. The largest absolute Gasteiger partial charge is 0.330 e. The van der Waals surface area contributed by atoms with E-state index in [2.05, 4.69) is 26.1 Å². The van der Waals surface area contributed by atoms with Crippen LogP contribution < -0.4 is 5.32 Å². The zero-order valence-corrected chi connectivity index (χ0v) is 23.2. The summed E-state index contributed by atoms with van der Waals surface area (Å²) >= 11 is 3.48. The first-order chi connectivity index (χ1) is 18.1. The van der Waals surface area contributed by atoms with Crippen molar-refractivity contribution >= 4 is 50.1 Å². The summed E-state index contributed by atoms with van der Waals surface area (Å²) in [5.74, 6) is -0.615. The SMILES string of the molecule is [C-]#[N+][C@@H]1C[C@@]2(CN1C(=O)[C@H](CC(C)C)N(C)C(=O)c1ccc3ccc(Br)cc3c1)C(=O)Nc1ccccc12. The maximum atomic E-state index is 14.1. The number of anilines is 1. The Labute approximate surface area is 230 Å². The van der Waals surface area contributed by atoms with Gasteiger partial charge in [0.2, 0.25) is 5.91 Å². The van der Waals surface area contributed by atoms with Crippen molar-refractivity contribution in [2.24, 2.45) is 5.92 Å². The Bertz CT molecular complexity index is 1500. The van der Waals surface area contributed by atoms with Gasteiger partial charge >= 0.3 is 6.17 Å². The van der Waals surface area contributed by atoms with E-state index < -0.39 is 17.6 Å². The van der Waals surface area contributed by atoms with Crippen LogP contribution in [0, 0.1) is 12.5 Å². The zero-order valence-electron chi connectivity index (χ0n) is 21.6. The van der Waals surface area contributed by atoms with E-state index in [0.29, 0.717) is 12.0 Å². The molecule has 1 saturated heterocycles. The Morgan fingerprint density at radius 1 is 1.16 bits per heavy atom. The Kier molecular flexibility index (Phi) is 6.74. The standard InChI is InChI=1S/C30H29BrN4O3/c1-18(2)13-25(34(4)27(36)20-10-9-19-11-12-22(31)15-21(19)14-20)28(37)35-17-30(16-26(35)32-3)23-7-5-6-8-24(23)33-29(30)38/h5-12,14-15,18,25-26H,13,16-17H2,1-2,4H3,(H,33,38)/t25-,26-,30-/m0/s1. The molecule has 7 nitrogen and oxygen atoms in total. The van der Waals surface area contributed by atoms with Gasteiger partial charge in [-0.2, -0.15) is 0 Å². The first-order valence-corrected chi connectivity index (χ1v) is 13.5. The van der Waals surface area contributed by atoms with Gasteiger partial charge in [0.05, 0.1) is 6.42 Å². The summed E-state index contributed by atoms with van der Waals surface area (Å²) in [6, 6.07) is 18.1. The van der Waals surface area contributed by atoms with Gasteiger partial charge in [-0.25, -0.2) is 6.57 Å². The van der Waals surface area contributed by atoms with Gasteiger partial charge in [0.25, 0.3) is 11.8 Å². The highest BCUT2D eigenvalue weighted by Crippen LogP contribution is 2.47. The van der Waals surface area contributed by atoms with Gasteiger partial charge in [-0.15, -0.1) is 0 Å². The van der Waals surface area contributed by atoms with Crippen molar-refractivity contribution in [1.82, 2.24) is 9.80 Å². The van der Waals surface area contributed by atoms with Crippen LogP contribution in [-0.4, -0.2) is 53.3 Å². The third-order valence-corrected chi connectivity index (χ3v) is 8.20. The Hall–Kier alpha value is -3.70. The number of nitrogens with one attached hydrogen (secondary N) is 1. The average Bonchev–Trinajstić information content (AvgIpc) is 3.43. The number of fused-ring (bicyclic) bond motifs is 3. The highest BCUT2D eigenvalue weighted by Gasteiger charge is 2.59. The first-order valence-electron chi connectivity index (χ1n) is 12.7. The number of likely N-dealkylation sites (tertiary alicyclic amines) is 1. The van der Waals surface area contributed by atoms with E-state index in [0.717, 1.165) is 26.5 Å². The molecule has 3 atom stereocenters. The van der Waals surface area contributed by atoms with Crippen LogP contribution in [0.4, 0.5) is 5.69 Å². The molecule has 1 spiro atoms. The molecule has 8 heteroatoms. The molecule has 3 aromatic rings. The highest BCUT2D eigenvalue weighted by atomic mass is 79.9. The van der Waals surface area contributed by atoms with Crippen molar-refractivity contribution in [3.63, 3.8) is 0 Å². The maximum absolute atomic E-state index is 14.1. The lowest BCUT2D eigenvalue weighted by molar-refractivity contribution is -0.136. The number of nitrogens with zero attached hydrogens (tertiary/aromatic N) is 3. The molecule has 3 aromatic carbocycles. The second kappa shape index (κ2) is 9.88. The lowest BCUT2D eigenvalue weighted by atomic mass is 9.80. The number of hydrogen-bond acceptors (Lipinski definition) is 3. The molecule has 0 bridgehead atoms. The van der Waals surface area contributed by atoms with E-state index in [1.165, 1.54) is 9.80 Å². The van der Waals surface area contributed by atoms with Crippen LogP contribution in [0.15, 0.2) is 65.1 Å². The van der Waals surface area contributed by atoms with E-state index in [-0.39, 0.29) is 36.6 Å². The van der Waals surface area contributed by atoms with Crippen molar-refractivity contribution in [3.05, 3.63) is 87.7 Å². The fraction of sp³-hybridized carbons (Fsp3) is 0.333. The highest BCUT2D eigenvalue weighted by molar-refractivity contribution is 9.10. The molecule has 0 aliphatic carbocycles. The Morgan fingerprint density at radius 2 is 1.89 bits per heavy atom. The molecular weight excluding hydrogens is 544 g/mol. The molecule has 194 valence electrons. The quantitative estimate of drug-likeness (QED) is 0.413. The van der Waals surface area contributed by atoms with Gasteiger partial charge in [-0.3, -0.25) is 24.1 Å². The van der Waals surface area contributed by atoms with Gasteiger partial charge in [0.1, 0.15) is 11.5 Å². The number of para-hydroxylation sites is 1. The van der Waals surface area contributed by atoms with Crippen LogP contribution in [0.2, 0.25) is 0 Å². The summed E-state index contributed by atoms with van der Waals surface area (Å²) in [6.45, 7) is 12.0. The van der Waals surface area contributed by atoms with Crippen LogP contribution in [-0.2, 0) is 15.0 Å². The second-order valence-corrected chi connectivity index (χ2v) is 11.5. The number of likely N-dealkylation sites (N-methyl/N-ethyl adjacent to an activating group) is 1. The predicted octanol–water partition coefficient (Wildman–Crippen LogP) is 5.46. The summed E-state index contributed by atoms with van der Waals surface area (Å²) in [5, 5.41) is 4.86. The Balaban J connectivity index is 1.46. The van der Waals surface area contributed by atoms with Gasteiger partial charge in [0, 0.05) is 29.3 Å². The average molecular weight is 573 g/mol.